The Morgan fingerprint density at radius 3 is 2.42 bits per heavy atom. The zero-order chi connectivity index (χ0) is 18.2. The summed E-state index contributed by atoms with van der Waals surface area (Å²) in [5, 5.41) is 0. The maximum absolute atomic E-state index is 6.28. The largest absolute Gasteiger partial charge is 0.347 e. The molecule has 0 aromatic heterocycles. The van der Waals surface area contributed by atoms with Crippen LogP contribution in [0, 0.1) is 28.6 Å². The Morgan fingerprint density at radius 1 is 0.962 bits per heavy atom. The van der Waals surface area contributed by atoms with Crippen molar-refractivity contribution in [1.29, 1.82) is 0 Å². The van der Waals surface area contributed by atoms with Gasteiger partial charge in [0, 0.05) is 17.9 Å². The molecule has 0 N–H and O–H groups in total. The Hall–Kier alpha value is -0.380. The summed E-state index contributed by atoms with van der Waals surface area (Å²) in [6, 6.07) is 0.745. The highest BCUT2D eigenvalue weighted by atomic mass is 16.7. The molecule has 0 bridgehead atoms. The van der Waals surface area contributed by atoms with E-state index in [0.717, 1.165) is 43.4 Å². The molecule has 146 valence electrons. The van der Waals surface area contributed by atoms with Crippen LogP contribution in [0.4, 0.5) is 0 Å². The minimum Gasteiger partial charge on any atom is -0.347 e. The van der Waals surface area contributed by atoms with E-state index in [9.17, 15) is 0 Å². The van der Waals surface area contributed by atoms with Gasteiger partial charge in [0.25, 0.3) is 0 Å². The van der Waals surface area contributed by atoms with Gasteiger partial charge in [0.15, 0.2) is 5.79 Å². The summed E-state index contributed by atoms with van der Waals surface area (Å²) in [5.41, 5.74) is 2.46. The fourth-order valence-corrected chi connectivity index (χ4v) is 7.97. The van der Waals surface area contributed by atoms with E-state index in [-0.39, 0.29) is 11.2 Å². The van der Waals surface area contributed by atoms with Crippen molar-refractivity contribution in [1.82, 2.24) is 4.90 Å². The third-order valence-electron chi connectivity index (χ3n) is 9.61. The molecule has 1 spiro atoms. The van der Waals surface area contributed by atoms with Gasteiger partial charge in [-0.15, -0.1) is 0 Å². The predicted molar refractivity (Wildman–Crippen MR) is 104 cm³/mol. The Bertz CT molecular complexity index is 607. The summed E-state index contributed by atoms with van der Waals surface area (Å²) in [5.74, 6) is 2.24. The maximum Gasteiger partial charge on any atom is 0.174 e. The van der Waals surface area contributed by atoms with Crippen molar-refractivity contribution in [2.45, 2.75) is 77.0 Å². The predicted octanol–water partition coefficient (Wildman–Crippen LogP) is 4.62. The molecule has 4 aliphatic carbocycles. The molecule has 5 aliphatic rings. The molecule has 0 radical (unpaired) electrons. The van der Waals surface area contributed by atoms with Gasteiger partial charge in [-0.05, 0) is 82.2 Å². The van der Waals surface area contributed by atoms with E-state index in [0.29, 0.717) is 5.41 Å². The number of rotatable bonds is 1. The third kappa shape index (κ3) is 2.17. The van der Waals surface area contributed by atoms with E-state index < -0.39 is 0 Å². The van der Waals surface area contributed by atoms with Gasteiger partial charge in [-0.3, -0.25) is 0 Å². The number of hydrogen-bond acceptors (Lipinski definition) is 3. The van der Waals surface area contributed by atoms with E-state index >= 15 is 0 Å². The minimum atomic E-state index is -0.254. The normalized spacial score (nSPS) is 49.7. The molecule has 1 unspecified atom stereocenters. The van der Waals surface area contributed by atoms with Crippen LogP contribution in [-0.4, -0.2) is 44.0 Å². The van der Waals surface area contributed by atoms with Crippen molar-refractivity contribution in [2.24, 2.45) is 28.6 Å². The number of allylic oxidation sites excluding steroid dienone is 1. The van der Waals surface area contributed by atoms with Gasteiger partial charge in [0.1, 0.15) is 0 Å². The van der Waals surface area contributed by atoms with E-state index in [4.69, 9.17) is 9.47 Å². The Balaban J connectivity index is 1.45. The average Bonchev–Trinajstić information content (AvgIpc) is 3.20. The van der Waals surface area contributed by atoms with Crippen LogP contribution in [0.1, 0.15) is 65.2 Å². The van der Waals surface area contributed by atoms with Crippen molar-refractivity contribution in [2.75, 3.05) is 27.3 Å². The lowest BCUT2D eigenvalue weighted by Crippen LogP contribution is -2.55. The molecule has 1 saturated heterocycles. The molecule has 5 rings (SSSR count). The van der Waals surface area contributed by atoms with E-state index in [2.05, 4.69) is 38.9 Å². The van der Waals surface area contributed by atoms with E-state index in [1.165, 1.54) is 44.9 Å². The Morgan fingerprint density at radius 2 is 1.69 bits per heavy atom. The van der Waals surface area contributed by atoms with Crippen molar-refractivity contribution in [3.8, 4) is 0 Å². The van der Waals surface area contributed by atoms with Crippen molar-refractivity contribution < 1.29 is 9.47 Å². The lowest BCUT2D eigenvalue weighted by Gasteiger charge is -2.59. The fraction of sp³-hybridized carbons (Fsp3) is 0.913. The van der Waals surface area contributed by atoms with Crippen LogP contribution >= 0.6 is 0 Å². The Labute approximate surface area is 159 Å². The van der Waals surface area contributed by atoms with Crippen LogP contribution in [0.25, 0.3) is 0 Å². The molecular formula is C23H37NO2. The molecule has 3 saturated carbocycles. The second-order valence-corrected chi connectivity index (χ2v) is 10.6. The second kappa shape index (κ2) is 5.81. The van der Waals surface area contributed by atoms with Crippen LogP contribution in [0.3, 0.4) is 0 Å². The lowest BCUT2D eigenvalue weighted by molar-refractivity contribution is -0.242. The molecule has 0 aromatic carbocycles. The molecule has 0 aromatic rings. The summed E-state index contributed by atoms with van der Waals surface area (Å²) in [6.07, 6.45) is 13.1. The van der Waals surface area contributed by atoms with Crippen LogP contribution in [0.2, 0.25) is 0 Å². The molecule has 26 heavy (non-hydrogen) atoms. The number of ether oxygens (including phenoxy) is 2. The molecule has 1 aliphatic heterocycles. The highest BCUT2D eigenvalue weighted by Crippen LogP contribution is 2.68. The highest BCUT2D eigenvalue weighted by Gasteiger charge is 2.66. The van der Waals surface area contributed by atoms with Gasteiger partial charge >= 0.3 is 0 Å². The topological polar surface area (TPSA) is 21.7 Å². The first-order valence-electron chi connectivity index (χ1n) is 11.0. The molecule has 0 amide bonds. The highest BCUT2D eigenvalue weighted by molar-refractivity contribution is 5.26. The van der Waals surface area contributed by atoms with Crippen LogP contribution in [-0.2, 0) is 9.47 Å². The van der Waals surface area contributed by atoms with E-state index in [1.54, 1.807) is 5.57 Å². The monoisotopic (exact) mass is 359 g/mol. The first kappa shape index (κ1) is 17.7. The molecule has 6 atom stereocenters. The van der Waals surface area contributed by atoms with Gasteiger partial charge in [-0.25, -0.2) is 0 Å². The lowest BCUT2D eigenvalue weighted by atomic mass is 9.47. The summed E-state index contributed by atoms with van der Waals surface area (Å²) in [6.45, 7) is 6.70. The maximum atomic E-state index is 6.28. The number of nitrogens with zero attached hydrogens (tertiary/aromatic N) is 1. The summed E-state index contributed by atoms with van der Waals surface area (Å²) in [7, 11) is 4.51. The van der Waals surface area contributed by atoms with Crippen LogP contribution < -0.4 is 0 Å². The van der Waals surface area contributed by atoms with Crippen LogP contribution in [0.15, 0.2) is 11.6 Å². The quantitative estimate of drug-likeness (QED) is 0.638. The first-order valence-corrected chi connectivity index (χ1v) is 11.0. The van der Waals surface area contributed by atoms with Gasteiger partial charge in [-0.1, -0.05) is 25.5 Å². The average molecular weight is 360 g/mol. The molecule has 3 nitrogen and oxygen atoms in total. The molecule has 3 heteroatoms. The number of hydrogen-bond donors (Lipinski definition) is 0. The smallest absolute Gasteiger partial charge is 0.174 e. The van der Waals surface area contributed by atoms with Gasteiger partial charge in [-0.2, -0.15) is 0 Å². The Kier molecular flexibility index (Phi) is 3.96. The summed E-state index contributed by atoms with van der Waals surface area (Å²) in [4.78, 5) is 2.44. The zero-order valence-electron chi connectivity index (χ0n) is 17.2. The zero-order valence-corrected chi connectivity index (χ0v) is 17.2. The van der Waals surface area contributed by atoms with Crippen molar-refractivity contribution in [3.05, 3.63) is 11.6 Å². The fourth-order valence-electron chi connectivity index (χ4n) is 7.97. The van der Waals surface area contributed by atoms with Gasteiger partial charge in [0.2, 0.25) is 0 Å². The van der Waals surface area contributed by atoms with Gasteiger partial charge < -0.3 is 14.4 Å². The van der Waals surface area contributed by atoms with Crippen molar-refractivity contribution >= 4 is 0 Å². The second-order valence-electron chi connectivity index (χ2n) is 10.6. The summed E-state index contributed by atoms with van der Waals surface area (Å²) >= 11 is 0. The SMILES string of the molecule is CN(C)[C@H]1CC[C@@]2(C)C(=CC[C@@H]3C2CC[C@@]2(C)[C@H]3CCC23OCCO3)C1. The van der Waals surface area contributed by atoms with Gasteiger partial charge in [0.05, 0.1) is 13.2 Å². The molecular weight excluding hydrogens is 322 g/mol. The van der Waals surface area contributed by atoms with Crippen molar-refractivity contribution in [3.63, 3.8) is 0 Å². The third-order valence-corrected chi connectivity index (χ3v) is 9.61. The van der Waals surface area contributed by atoms with E-state index in [1.807, 2.05) is 0 Å². The van der Waals surface area contributed by atoms with Crippen LogP contribution in [0.5, 0.6) is 0 Å². The first-order chi connectivity index (χ1) is 12.4. The molecule has 4 fully saturated rings. The summed E-state index contributed by atoms with van der Waals surface area (Å²) < 4.78 is 12.6. The minimum absolute atomic E-state index is 0.229. The standard InChI is InChI=1S/C23H37NO2/c1-21-10-7-17(24(3)4)15-16(21)5-6-18-19(21)8-11-22(2)20(18)9-12-23(22)25-13-14-26-23/h5,17-20H,6-15H2,1-4H3/t17-,18+,19?,20-,21-,22-/m0/s1. The molecule has 1 heterocycles. The number of fused-ring (bicyclic) bond motifs is 6.